The van der Waals surface area contributed by atoms with E-state index in [0.29, 0.717) is 15.6 Å². The van der Waals surface area contributed by atoms with Crippen molar-refractivity contribution in [1.82, 2.24) is 0 Å². The molecule has 2 aromatic rings. The molecular weight excluding hydrogens is 283 g/mol. The molecule has 0 unspecified atom stereocenters. The number of halogens is 2. The number of hydrogen-bond acceptors (Lipinski definition) is 1. The standard InChI is InChI=1S/C15H8Cl2O2/c16-12-6-5-10-11(7-13(18)19)8-3-1-2-4-9(8)14(10)15(12)17/h1-7H,(H,18,19)/b11-7+. The Bertz CT molecular complexity index is 733. The lowest BCUT2D eigenvalue weighted by Crippen LogP contribution is -1.91. The van der Waals surface area contributed by atoms with Crippen LogP contribution in [0, 0.1) is 0 Å². The number of aliphatic carboxylic acids is 1. The highest BCUT2D eigenvalue weighted by Gasteiger charge is 2.26. The largest absolute Gasteiger partial charge is 0.478 e. The highest BCUT2D eigenvalue weighted by Crippen LogP contribution is 2.49. The molecule has 0 aliphatic heterocycles. The van der Waals surface area contributed by atoms with Crippen LogP contribution in [-0.2, 0) is 4.79 Å². The molecule has 0 saturated carbocycles. The lowest BCUT2D eigenvalue weighted by molar-refractivity contribution is -0.131. The van der Waals surface area contributed by atoms with E-state index in [2.05, 4.69) is 0 Å². The summed E-state index contributed by atoms with van der Waals surface area (Å²) in [5, 5.41) is 9.94. The van der Waals surface area contributed by atoms with Crippen LogP contribution in [0.4, 0.5) is 0 Å². The molecule has 0 radical (unpaired) electrons. The van der Waals surface area contributed by atoms with Crippen LogP contribution in [0.2, 0.25) is 10.0 Å². The average Bonchev–Trinajstić information content (AvgIpc) is 2.69. The molecule has 94 valence electrons. The second-order valence-electron chi connectivity index (χ2n) is 4.23. The van der Waals surface area contributed by atoms with Gasteiger partial charge >= 0.3 is 5.97 Å². The highest BCUT2D eigenvalue weighted by atomic mass is 35.5. The number of carboxylic acids is 1. The van der Waals surface area contributed by atoms with Gasteiger partial charge in [-0.05, 0) is 28.3 Å². The van der Waals surface area contributed by atoms with E-state index in [1.165, 1.54) is 6.08 Å². The van der Waals surface area contributed by atoms with E-state index < -0.39 is 5.97 Å². The average molecular weight is 291 g/mol. The minimum atomic E-state index is -0.983. The molecule has 0 aromatic heterocycles. The summed E-state index contributed by atoms with van der Waals surface area (Å²) in [5.74, 6) is -0.983. The predicted octanol–water partition coefficient (Wildman–Crippen LogP) is 4.49. The van der Waals surface area contributed by atoms with Crippen LogP contribution >= 0.6 is 23.2 Å². The van der Waals surface area contributed by atoms with Crippen LogP contribution in [-0.4, -0.2) is 11.1 Å². The molecule has 3 rings (SSSR count). The molecule has 1 N–H and O–H groups in total. The maximum absolute atomic E-state index is 11.0. The number of benzene rings is 2. The summed E-state index contributed by atoms with van der Waals surface area (Å²) in [6.07, 6.45) is 1.20. The molecule has 2 aromatic carbocycles. The Morgan fingerprint density at radius 3 is 2.37 bits per heavy atom. The first-order valence-corrected chi connectivity index (χ1v) is 6.38. The van der Waals surface area contributed by atoms with Gasteiger partial charge in [0, 0.05) is 11.6 Å². The third-order valence-electron chi connectivity index (χ3n) is 3.14. The Morgan fingerprint density at radius 1 is 1.00 bits per heavy atom. The minimum absolute atomic E-state index is 0.459. The molecule has 0 atom stereocenters. The van der Waals surface area contributed by atoms with Crippen molar-refractivity contribution in [2.45, 2.75) is 0 Å². The van der Waals surface area contributed by atoms with Crippen molar-refractivity contribution in [3.05, 3.63) is 63.6 Å². The first-order chi connectivity index (χ1) is 9.09. The SMILES string of the molecule is O=C(O)/C=C1\c2ccccc2-c2c1ccc(Cl)c2Cl. The first kappa shape index (κ1) is 12.3. The summed E-state index contributed by atoms with van der Waals surface area (Å²) in [7, 11) is 0. The zero-order chi connectivity index (χ0) is 13.6. The van der Waals surface area contributed by atoms with E-state index in [9.17, 15) is 4.79 Å². The van der Waals surface area contributed by atoms with Crippen LogP contribution in [0.1, 0.15) is 11.1 Å². The maximum Gasteiger partial charge on any atom is 0.328 e. The molecule has 0 heterocycles. The normalized spacial score (nSPS) is 14.3. The molecule has 0 fully saturated rings. The summed E-state index contributed by atoms with van der Waals surface area (Å²) >= 11 is 12.3. The van der Waals surface area contributed by atoms with Gasteiger partial charge in [0.05, 0.1) is 10.0 Å². The van der Waals surface area contributed by atoms with Gasteiger partial charge in [-0.1, -0.05) is 53.5 Å². The van der Waals surface area contributed by atoms with Crippen LogP contribution < -0.4 is 0 Å². The quantitative estimate of drug-likeness (QED) is 0.671. The zero-order valence-corrected chi connectivity index (χ0v) is 11.2. The molecule has 1 aliphatic carbocycles. The molecule has 0 bridgehead atoms. The summed E-state index contributed by atoms with van der Waals surface area (Å²) < 4.78 is 0. The lowest BCUT2D eigenvalue weighted by Gasteiger charge is -2.05. The Balaban J connectivity index is 2.41. The third kappa shape index (κ3) is 1.84. The molecule has 1 aliphatic rings. The predicted molar refractivity (Wildman–Crippen MR) is 76.6 cm³/mol. The number of fused-ring (bicyclic) bond motifs is 3. The zero-order valence-electron chi connectivity index (χ0n) is 9.65. The van der Waals surface area contributed by atoms with Gasteiger partial charge in [-0.3, -0.25) is 0 Å². The van der Waals surface area contributed by atoms with Gasteiger partial charge in [-0.25, -0.2) is 4.79 Å². The van der Waals surface area contributed by atoms with Gasteiger partial charge in [-0.2, -0.15) is 0 Å². The van der Waals surface area contributed by atoms with Crippen LogP contribution in [0.3, 0.4) is 0 Å². The number of carboxylic acid groups (broad SMARTS) is 1. The fraction of sp³-hybridized carbons (Fsp3) is 0. The molecule has 0 saturated heterocycles. The van der Waals surface area contributed by atoms with Gasteiger partial charge in [0.25, 0.3) is 0 Å². The fourth-order valence-corrected chi connectivity index (χ4v) is 2.82. The Labute approximate surface area is 119 Å². The number of rotatable bonds is 1. The fourth-order valence-electron chi connectivity index (χ4n) is 2.40. The maximum atomic E-state index is 11.0. The highest BCUT2D eigenvalue weighted by molar-refractivity contribution is 6.44. The van der Waals surface area contributed by atoms with Crippen molar-refractivity contribution >= 4 is 34.7 Å². The Hall–Kier alpha value is -1.77. The van der Waals surface area contributed by atoms with E-state index in [-0.39, 0.29) is 0 Å². The van der Waals surface area contributed by atoms with Crippen molar-refractivity contribution in [3.63, 3.8) is 0 Å². The van der Waals surface area contributed by atoms with Crippen molar-refractivity contribution < 1.29 is 9.90 Å². The van der Waals surface area contributed by atoms with Gasteiger partial charge in [-0.15, -0.1) is 0 Å². The van der Waals surface area contributed by atoms with E-state index >= 15 is 0 Å². The second kappa shape index (κ2) is 4.41. The Kier molecular flexibility index (Phi) is 2.85. The minimum Gasteiger partial charge on any atom is -0.478 e. The van der Waals surface area contributed by atoms with Crippen molar-refractivity contribution in [2.75, 3.05) is 0 Å². The molecule has 0 amide bonds. The molecule has 4 heteroatoms. The molecular formula is C15H8Cl2O2. The summed E-state index contributed by atoms with van der Waals surface area (Å²) in [4.78, 5) is 11.0. The smallest absolute Gasteiger partial charge is 0.328 e. The van der Waals surface area contributed by atoms with E-state index in [1.807, 2.05) is 24.3 Å². The lowest BCUT2D eigenvalue weighted by atomic mass is 10.0. The monoisotopic (exact) mass is 290 g/mol. The van der Waals surface area contributed by atoms with Crippen LogP contribution in [0.25, 0.3) is 16.7 Å². The van der Waals surface area contributed by atoms with E-state index in [4.69, 9.17) is 28.3 Å². The van der Waals surface area contributed by atoms with Crippen molar-refractivity contribution in [3.8, 4) is 11.1 Å². The van der Waals surface area contributed by atoms with E-state index in [1.54, 1.807) is 12.1 Å². The van der Waals surface area contributed by atoms with Gasteiger partial charge in [0.1, 0.15) is 0 Å². The van der Waals surface area contributed by atoms with Crippen molar-refractivity contribution in [2.24, 2.45) is 0 Å². The summed E-state index contributed by atoms with van der Waals surface area (Å²) in [6.45, 7) is 0. The van der Waals surface area contributed by atoms with Gasteiger partial charge in [0.15, 0.2) is 0 Å². The van der Waals surface area contributed by atoms with E-state index in [0.717, 1.165) is 22.3 Å². The first-order valence-electron chi connectivity index (χ1n) is 5.62. The molecule has 2 nitrogen and oxygen atoms in total. The van der Waals surface area contributed by atoms with Gasteiger partial charge < -0.3 is 5.11 Å². The summed E-state index contributed by atoms with van der Waals surface area (Å²) in [6, 6.07) is 11.1. The second-order valence-corrected chi connectivity index (χ2v) is 5.01. The Morgan fingerprint density at radius 2 is 1.68 bits per heavy atom. The van der Waals surface area contributed by atoms with Gasteiger partial charge in [0.2, 0.25) is 0 Å². The number of hydrogen-bond donors (Lipinski definition) is 1. The summed E-state index contributed by atoms with van der Waals surface area (Å²) in [5.41, 5.74) is 4.05. The molecule has 19 heavy (non-hydrogen) atoms. The topological polar surface area (TPSA) is 37.3 Å². The van der Waals surface area contributed by atoms with Crippen LogP contribution in [0.5, 0.6) is 0 Å². The van der Waals surface area contributed by atoms with Crippen molar-refractivity contribution in [1.29, 1.82) is 0 Å². The van der Waals surface area contributed by atoms with Crippen LogP contribution in [0.15, 0.2) is 42.5 Å². The molecule has 0 spiro atoms. The number of carbonyl (C=O) groups is 1. The third-order valence-corrected chi connectivity index (χ3v) is 3.94.